The predicted octanol–water partition coefficient (Wildman–Crippen LogP) is 4.30. The molecule has 4 aromatic rings. The average molecular weight is 379 g/mol. The maximum atomic E-state index is 10.2. The first-order valence-corrected chi connectivity index (χ1v) is 7.69. The number of aromatic nitrogens is 3. The van der Waals surface area contributed by atoms with E-state index in [-0.39, 0.29) is 25.2 Å². The van der Waals surface area contributed by atoms with E-state index in [2.05, 4.69) is 5.10 Å². The number of aromatic hydroxyl groups is 1. The zero-order chi connectivity index (χ0) is 16.4. The van der Waals surface area contributed by atoms with Gasteiger partial charge in [0.2, 0.25) is 0 Å². The van der Waals surface area contributed by atoms with E-state index in [1.807, 2.05) is 72.8 Å². The molecule has 0 aliphatic rings. The van der Waals surface area contributed by atoms with Crippen molar-refractivity contribution >= 4 is 0 Å². The quantitative estimate of drug-likeness (QED) is 0.541. The molecule has 0 radical (unpaired) electrons. The summed E-state index contributed by atoms with van der Waals surface area (Å²) in [5.41, 5.74) is 2.48. The summed E-state index contributed by atoms with van der Waals surface area (Å²) >= 11 is 0. The molecule has 118 valence electrons. The molecule has 0 bridgehead atoms. The monoisotopic (exact) mass is 377 g/mol. The fourth-order valence-electron chi connectivity index (χ4n) is 2.61. The van der Waals surface area contributed by atoms with E-state index < -0.39 is 0 Å². The van der Waals surface area contributed by atoms with Crippen LogP contribution in [0.4, 0.5) is 0 Å². The molecule has 25 heavy (non-hydrogen) atoms. The van der Waals surface area contributed by atoms with Crippen LogP contribution >= 0.6 is 0 Å². The Kier molecular flexibility index (Phi) is 5.06. The van der Waals surface area contributed by atoms with Gasteiger partial charge in [0.05, 0.1) is 0 Å². The Labute approximate surface area is 158 Å². The summed E-state index contributed by atoms with van der Waals surface area (Å²) < 4.78 is 1.69. The summed E-state index contributed by atoms with van der Waals surface area (Å²) in [6.07, 6.45) is 0. The number of phenolic OH excluding ortho intramolecular Hbond substituents is 1. The van der Waals surface area contributed by atoms with Gasteiger partial charge in [0.15, 0.2) is 11.6 Å². The Morgan fingerprint density at radius 3 is 1.88 bits per heavy atom. The van der Waals surface area contributed by atoms with E-state index in [1.54, 1.807) is 16.8 Å². The summed E-state index contributed by atoms with van der Waals surface area (Å²) in [6.45, 7) is 0. The van der Waals surface area contributed by atoms with E-state index in [1.165, 1.54) is 0 Å². The van der Waals surface area contributed by atoms with E-state index >= 15 is 0 Å². The third kappa shape index (κ3) is 3.37. The van der Waals surface area contributed by atoms with Gasteiger partial charge in [-0.3, -0.25) is 0 Å². The normalized spacial score (nSPS) is 10.2. The molecule has 1 heterocycles. The molecular formula is C20H15N3OZn. The SMILES string of the molecule is Oc1ccccc1-n1nc(-c2ccccc2)nc1-c1ccccc1.[Zn]. The van der Waals surface area contributed by atoms with Crippen molar-refractivity contribution in [2.45, 2.75) is 0 Å². The van der Waals surface area contributed by atoms with Crippen LogP contribution in [0.25, 0.3) is 28.5 Å². The second-order valence-electron chi connectivity index (χ2n) is 5.39. The number of rotatable bonds is 3. The summed E-state index contributed by atoms with van der Waals surface area (Å²) in [6, 6.07) is 26.8. The van der Waals surface area contributed by atoms with Gasteiger partial charge in [-0.2, -0.15) is 0 Å². The summed E-state index contributed by atoms with van der Waals surface area (Å²) in [4.78, 5) is 4.71. The zero-order valence-corrected chi connectivity index (χ0v) is 16.5. The van der Waals surface area contributed by atoms with E-state index in [0.29, 0.717) is 17.3 Å². The third-order valence-corrected chi connectivity index (χ3v) is 3.78. The van der Waals surface area contributed by atoms with Crippen molar-refractivity contribution in [3.8, 4) is 34.2 Å². The minimum atomic E-state index is 0. The van der Waals surface area contributed by atoms with Crippen molar-refractivity contribution in [1.82, 2.24) is 14.8 Å². The van der Waals surface area contributed by atoms with Crippen LogP contribution in [0.15, 0.2) is 84.9 Å². The van der Waals surface area contributed by atoms with E-state index in [4.69, 9.17) is 4.98 Å². The molecule has 0 aliphatic heterocycles. The molecule has 4 rings (SSSR count). The smallest absolute Gasteiger partial charge is 0.182 e. The van der Waals surface area contributed by atoms with Gasteiger partial charge in [-0.05, 0) is 12.1 Å². The van der Waals surface area contributed by atoms with Crippen molar-refractivity contribution in [2.75, 3.05) is 0 Å². The van der Waals surface area contributed by atoms with Gasteiger partial charge >= 0.3 is 0 Å². The molecule has 0 spiro atoms. The molecule has 0 unspecified atom stereocenters. The fourth-order valence-corrected chi connectivity index (χ4v) is 2.61. The zero-order valence-electron chi connectivity index (χ0n) is 13.6. The van der Waals surface area contributed by atoms with Crippen LogP contribution in [0.1, 0.15) is 0 Å². The fraction of sp³-hybridized carbons (Fsp3) is 0. The van der Waals surface area contributed by atoms with Gasteiger partial charge < -0.3 is 5.11 Å². The Hall–Kier alpha value is -2.78. The van der Waals surface area contributed by atoms with Gasteiger partial charge in [-0.15, -0.1) is 5.10 Å². The molecule has 0 fully saturated rings. The Balaban J connectivity index is 0.00000182. The molecule has 3 aromatic carbocycles. The van der Waals surface area contributed by atoms with Crippen molar-refractivity contribution < 1.29 is 24.6 Å². The van der Waals surface area contributed by atoms with Crippen molar-refractivity contribution in [3.05, 3.63) is 84.9 Å². The van der Waals surface area contributed by atoms with Gasteiger partial charge in [0, 0.05) is 30.6 Å². The van der Waals surface area contributed by atoms with Gasteiger partial charge in [-0.1, -0.05) is 72.8 Å². The first-order valence-electron chi connectivity index (χ1n) is 7.69. The first-order chi connectivity index (χ1) is 11.8. The second-order valence-corrected chi connectivity index (χ2v) is 5.39. The molecule has 0 amide bonds. The Morgan fingerprint density at radius 1 is 0.680 bits per heavy atom. The van der Waals surface area contributed by atoms with Gasteiger partial charge in [0.25, 0.3) is 0 Å². The standard InChI is InChI=1S/C20H15N3O.Zn/c24-18-14-8-7-13-17(18)23-20(16-11-5-2-6-12-16)21-19(22-23)15-9-3-1-4-10-15;/h1-14,24H;. The van der Waals surface area contributed by atoms with Crippen LogP contribution in [0.5, 0.6) is 5.75 Å². The average Bonchev–Trinajstić information content (AvgIpc) is 3.09. The van der Waals surface area contributed by atoms with Crippen LogP contribution in [0, 0.1) is 0 Å². The number of hydrogen-bond acceptors (Lipinski definition) is 3. The van der Waals surface area contributed by atoms with Crippen molar-refractivity contribution in [1.29, 1.82) is 0 Å². The molecule has 0 atom stereocenters. The predicted molar refractivity (Wildman–Crippen MR) is 93.9 cm³/mol. The Morgan fingerprint density at radius 2 is 1.24 bits per heavy atom. The third-order valence-electron chi connectivity index (χ3n) is 3.78. The van der Waals surface area contributed by atoms with Crippen LogP contribution < -0.4 is 0 Å². The van der Waals surface area contributed by atoms with E-state index in [0.717, 1.165) is 11.1 Å². The number of hydrogen-bond donors (Lipinski definition) is 1. The van der Waals surface area contributed by atoms with Crippen molar-refractivity contribution in [2.24, 2.45) is 0 Å². The number of phenols is 1. The minimum Gasteiger partial charge on any atom is -0.506 e. The number of nitrogens with zero attached hydrogens (tertiary/aromatic N) is 3. The molecular weight excluding hydrogens is 364 g/mol. The van der Waals surface area contributed by atoms with Crippen LogP contribution in [-0.4, -0.2) is 19.9 Å². The topological polar surface area (TPSA) is 50.9 Å². The van der Waals surface area contributed by atoms with Crippen LogP contribution in [0.3, 0.4) is 0 Å². The van der Waals surface area contributed by atoms with Crippen molar-refractivity contribution in [3.63, 3.8) is 0 Å². The van der Waals surface area contributed by atoms with Crippen LogP contribution in [0.2, 0.25) is 0 Å². The molecule has 0 saturated heterocycles. The van der Waals surface area contributed by atoms with Crippen LogP contribution in [-0.2, 0) is 19.5 Å². The van der Waals surface area contributed by atoms with Gasteiger partial charge in [-0.25, -0.2) is 9.67 Å². The summed E-state index contributed by atoms with van der Waals surface area (Å²) in [5, 5.41) is 14.9. The first kappa shape index (κ1) is 17.1. The van der Waals surface area contributed by atoms with Gasteiger partial charge in [0.1, 0.15) is 11.4 Å². The number of benzene rings is 3. The van der Waals surface area contributed by atoms with E-state index in [9.17, 15) is 5.11 Å². The maximum Gasteiger partial charge on any atom is 0.182 e. The molecule has 0 aliphatic carbocycles. The Bertz CT molecular complexity index is 969. The second kappa shape index (κ2) is 7.41. The minimum absolute atomic E-state index is 0. The summed E-state index contributed by atoms with van der Waals surface area (Å²) in [5.74, 6) is 1.48. The maximum absolute atomic E-state index is 10.2. The molecule has 1 aromatic heterocycles. The number of para-hydroxylation sites is 2. The largest absolute Gasteiger partial charge is 0.506 e. The summed E-state index contributed by atoms with van der Waals surface area (Å²) in [7, 11) is 0. The molecule has 0 saturated carbocycles. The molecule has 5 heteroatoms. The molecule has 1 N–H and O–H groups in total. The molecule has 4 nitrogen and oxygen atoms in total.